The van der Waals surface area contributed by atoms with Gasteiger partial charge in [0, 0.05) is 12.2 Å². The molecule has 0 radical (unpaired) electrons. The Kier molecular flexibility index (Phi) is 4.46. The number of rotatable bonds is 4. The minimum Gasteiger partial charge on any atom is -0.385 e. The molecular weight excluding hydrogens is 243 g/mol. The first-order chi connectivity index (χ1) is 7.44. The first-order valence-electron chi connectivity index (χ1n) is 5.05. The lowest BCUT2D eigenvalue weighted by Gasteiger charge is -2.15. The third-order valence-corrected chi connectivity index (χ3v) is 3.04. The Hall–Kier alpha value is -0.910. The van der Waals surface area contributed by atoms with Gasteiger partial charge >= 0.3 is 0 Å². The second-order valence-electron chi connectivity index (χ2n) is 4.30. The van der Waals surface area contributed by atoms with E-state index in [2.05, 4.69) is 11.4 Å². The van der Waals surface area contributed by atoms with E-state index in [9.17, 15) is 0 Å². The average Bonchev–Trinajstić information content (AvgIpc) is 2.23. The third kappa shape index (κ3) is 3.92. The van der Waals surface area contributed by atoms with Crippen molar-refractivity contribution in [3.8, 4) is 6.07 Å². The standard InChI is InChI=1S/C12H14Cl2N2/c1-12(2,8-15)5-6-16-9-3-4-10(13)11(14)7-9/h3-4,7,16H,5-6H2,1-2H3. The van der Waals surface area contributed by atoms with Crippen LogP contribution in [0.5, 0.6) is 0 Å². The van der Waals surface area contributed by atoms with Gasteiger partial charge in [0.1, 0.15) is 0 Å². The monoisotopic (exact) mass is 256 g/mol. The van der Waals surface area contributed by atoms with E-state index in [0.717, 1.165) is 18.7 Å². The summed E-state index contributed by atoms with van der Waals surface area (Å²) in [6.07, 6.45) is 0.781. The van der Waals surface area contributed by atoms with Crippen LogP contribution in [-0.4, -0.2) is 6.54 Å². The molecule has 0 saturated heterocycles. The first-order valence-corrected chi connectivity index (χ1v) is 5.80. The zero-order valence-corrected chi connectivity index (χ0v) is 10.9. The largest absolute Gasteiger partial charge is 0.385 e. The molecule has 0 unspecified atom stereocenters. The van der Waals surface area contributed by atoms with Crippen LogP contribution in [0.25, 0.3) is 0 Å². The SMILES string of the molecule is CC(C)(C#N)CCNc1ccc(Cl)c(Cl)c1. The molecule has 1 aromatic carbocycles. The van der Waals surface area contributed by atoms with E-state index >= 15 is 0 Å². The molecule has 2 nitrogen and oxygen atoms in total. The van der Waals surface area contributed by atoms with E-state index in [0.29, 0.717) is 10.0 Å². The summed E-state index contributed by atoms with van der Waals surface area (Å²) in [5.74, 6) is 0. The van der Waals surface area contributed by atoms with Crippen LogP contribution >= 0.6 is 23.2 Å². The summed E-state index contributed by atoms with van der Waals surface area (Å²) < 4.78 is 0. The molecule has 1 rings (SSSR count). The number of hydrogen-bond acceptors (Lipinski definition) is 2. The molecule has 86 valence electrons. The molecule has 0 aromatic heterocycles. The molecule has 0 aliphatic rings. The Morgan fingerprint density at radius 1 is 1.31 bits per heavy atom. The molecule has 0 fully saturated rings. The molecule has 0 atom stereocenters. The van der Waals surface area contributed by atoms with Crippen molar-refractivity contribution < 1.29 is 0 Å². The van der Waals surface area contributed by atoms with Gasteiger partial charge in [-0.2, -0.15) is 5.26 Å². The zero-order valence-electron chi connectivity index (χ0n) is 9.35. The fraction of sp³-hybridized carbons (Fsp3) is 0.417. The Bertz CT molecular complexity index is 408. The molecular formula is C12H14Cl2N2. The molecule has 0 aliphatic carbocycles. The van der Waals surface area contributed by atoms with E-state index in [1.807, 2.05) is 19.9 Å². The number of benzene rings is 1. The Labute approximate surface area is 106 Å². The lowest BCUT2D eigenvalue weighted by atomic mass is 9.91. The van der Waals surface area contributed by atoms with E-state index < -0.39 is 0 Å². The van der Waals surface area contributed by atoms with Crippen molar-refractivity contribution >= 4 is 28.9 Å². The van der Waals surface area contributed by atoms with E-state index in [-0.39, 0.29) is 5.41 Å². The predicted octanol–water partition coefficient (Wildman–Crippen LogP) is 4.35. The number of nitriles is 1. The number of anilines is 1. The normalized spacial score (nSPS) is 10.9. The van der Waals surface area contributed by atoms with Crippen molar-refractivity contribution in [2.45, 2.75) is 20.3 Å². The van der Waals surface area contributed by atoms with Gasteiger partial charge in [-0.1, -0.05) is 23.2 Å². The van der Waals surface area contributed by atoms with Crippen LogP contribution in [-0.2, 0) is 0 Å². The molecule has 0 amide bonds. The quantitative estimate of drug-likeness (QED) is 0.870. The highest BCUT2D eigenvalue weighted by Crippen LogP contribution is 2.25. The second kappa shape index (κ2) is 5.43. The fourth-order valence-electron chi connectivity index (χ4n) is 1.18. The second-order valence-corrected chi connectivity index (χ2v) is 5.12. The summed E-state index contributed by atoms with van der Waals surface area (Å²) in [4.78, 5) is 0. The van der Waals surface area contributed by atoms with Crippen LogP contribution in [0.3, 0.4) is 0 Å². The lowest BCUT2D eigenvalue weighted by Crippen LogP contribution is -2.14. The van der Waals surface area contributed by atoms with Gasteiger partial charge in [-0.3, -0.25) is 0 Å². The summed E-state index contributed by atoms with van der Waals surface area (Å²) in [5, 5.41) is 13.1. The molecule has 0 bridgehead atoms. The molecule has 1 N–H and O–H groups in total. The highest BCUT2D eigenvalue weighted by Gasteiger charge is 2.15. The maximum Gasteiger partial charge on any atom is 0.0684 e. The van der Waals surface area contributed by atoms with Crippen LogP contribution in [0.4, 0.5) is 5.69 Å². The Morgan fingerprint density at radius 3 is 2.56 bits per heavy atom. The van der Waals surface area contributed by atoms with Crippen molar-refractivity contribution in [2.24, 2.45) is 5.41 Å². The van der Waals surface area contributed by atoms with Crippen molar-refractivity contribution in [3.63, 3.8) is 0 Å². The minimum atomic E-state index is -0.302. The number of hydrogen-bond donors (Lipinski definition) is 1. The van der Waals surface area contributed by atoms with Gasteiger partial charge in [0.25, 0.3) is 0 Å². The highest BCUT2D eigenvalue weighted by molar-refractivity contribution is 6.42. The number of halogens is 2. The molecule has 0 saturated carbocycles. The molecule has 4 heteroatoms. The van der Waals surface area contributed by atoms with Crippen LogP contribution < -0.4 is 5.32 Å². The van der Waals surface area contributed by atoms with Gasteiger partial charge in [0.15, 0.2) is 0 Å². The molecule has 0 heterocycles. The van der Waals surface area contributed by atoms with Crippen LogP contribution in [0.2, 0.25) is 10.0 Å². The molecule has 0 aliphatic heterocycles. The van der Waals surface area contributed by atoms with Gasteiger partial charge < -0.3 is 5.32 Å². The Balaban J connectivity index is 2.50. The topological polar surface area (TPSA) is 35.8 Å². The van der Waals surface area contributed by atoms with Gasteiger partial charge in [-0.25, -0.2) is 0 Å². The highest BCUT2D eigenvalue weighted by atomic mass is 35.5. The van der Waals surface area contributed by atoms with Crippen molar-refractivity contribution in [3.05, 3.63) is 28.2 Å². The summed E-state index contributed by atoms with van der Waals surface area (Å²) in [7, 11) is 0. The number of nitrogens with one attached hydrogen (secondary N) is 1. The van der Waals surface area contributed by atoms with Crippen molar-refractivity contribution in [1.82, 2.24) is 0 Å². The van der Waals surface area contributed by atoms with E-state index in [1.54, 1.807) is 12.1 Å². The minimum absolute atomic E-state index is 0.302. The first kappa shape index (κ1) is 13.2. The predicted molar refractivity (Wildman–Crippen MR) is 69.0 cm³/mol. The van der Waals surface area contributed by atoms with E-state index in [1.165, 1.54) is 0 Å². The van der Waals surface area contributed by atoms with Gasteiger partial charge in [-0.05, 0) is 38.5 Å². The average molecular weight is 257 g/mol. The van der Waals surface area contributed by atoms with Crippen LogP contribution in [0.1, 0.15) is 20.3 Å². The number of nitrogens with zero attached hydrogens (tertiary/aromatic N) is 1. The molecule has 0 spiro atoms. The maximum atomic E-state index is 8.86. The third-order valence-electron chi connectivity index (χ3n) is 2.30. The van der Waals surface area contributed by atoms with Gasteiger partial charge in [0.2, 0.25) is 0 Å². The van der Waals surface area contributed by atoms with Gasteiger partial charge in [0.05, 0.1) is 21.5 Å². The smallest absolute Gasteiger partial charge is 0.0684 e. The van der Waals surface area contributed by atoms with Crippen LogP contribution in [0, 0.1) is 16.7 Å². The fourth-order valence-corrected chi connectivity index (χ4v) is 1.48. The molecule has 1 aromatic rings. The maximum absolute atomic E-state index is 8.86. The van der Waals surface area contributed by atoms with Crippen LogP contribution in [0.15, 0.2) is 18.2 Å². The van der Waals surface area contributed by atoms with E-state index in [4.69, 9.17) is 28.5 Å². The Morgan fingerprint density at radius 2 is 2.00 bits per heavy atom. The van der Waals surface area contributed by atoms with Gasteiger partial charge in [-0.15, -0.1) is 0 Å². The zero-order chi connectivity index (χ0) is 12.2. The molecule has 16 heavy (non-hydrogen) atoms. The summed E-state index contributed by atoms with van der Waals surface area (Å²) in [6, 6.07) is 7.66. The summed E-state index contributed by atoms with van der Waals surface area (Å²) in [6.45, 7) is 4.57. The van der Waals surface area contributed by atoms with Crippen molar-refractivity contribution in [1.29, 1.82) is 5.26 Å². The summed E-state index contributed by atoms with van der Waals surface area (Å²) in [5.41, 5.74) is 0.617. The van der Waals surface area contributed by atoms with Crippen molar-refractivity contribution in [2.75, 3.05) is 11.9 Å². The summed E-state index contributed by atoms with van der Waals surface area (Å²) >= 11 is 11.7. The lowest BCUT2D eigenvalue weighted by molar-refractivity contribution is 0.466.